The largest absolute Gasteiger partial charge is 0.399 e. The first-order valence-corrected chi connectivity index (χ1v) is 7.44. The van der Waals surface area contributed by atoms with Gasteiger partial charge in [0, 0.05) is 27.6 Å². The van der Waals surface area contributed by atoms with Gasteiger partial charge in [-0.3, -0.25) is 0 Å². The quantitative estimate of drug-likeness (QED) is 0.666. The van der Waals surface area contributed by atoms with Crippen LogP contribution in [0.4, 0.5) is 5.69 Å². The first-order valence-electron chi connectivity index (χ1n) is 5.58. The molecule has 0 bridgehead atoms. The highest BCUT2D eigenvalue weighted by Crippen LogP contribution is 2.26. The van der Waals surface area contributed by atoms with Crippen molar-refractivity contribution in [3.8, 4) is 0 Å². The molecule has 17 heavy (non-hydrogen) atoms. The molecule has 0 radical (unpaired) electrons. The van der Waals surface area contributed by atoms with Crippen molar-refractivity contribution in [2.75, 3.05) is 5.73 Å². The summed E-state index contributed by atoms with van der Waals surface area (Å²) in [6.07, 6.45) is 0. The van der Waals surface area contributed by atoms with Crippen molar-refractivity contribution in [1.82, 2.24) is 4.98 Å². The lowest BCUT2D eigenvalue weighted by Crippen LogP contribution is -1.88. The number of hydrogen-bond acceptors (Lipinski definition) is 4. The molecule has 4 heteroatoms. The van der Waals surface area contributed by atoms with Crippen LogP contribution in [0.15, 0.2) is 34.5 Å². The van der Waals surface area contributed by atoms with Crippen LogP contribution in [0.5, 0.6) is 0 Å². The van der Waals surface area contributed by atoms with Crippen molar-refractivity contribution in [2.45, 2.75) is 30.4 Å². The highest BCUT2D eigenvalue weighted by molar-refractivity contribution is 7.98. The lowest BCUT2D eigenvalue weighted by atomic mass is 10.2. The Bertz CT molecular complexity index is 492. The first-order chi connectivity index (χ1) is 8.15. The third kappa shape index (κ3) is 3.48. The molecule has 1 heterocycles. The van der Waals surface area contributed by atoms with Gasteiger partial charge in [-0.05, 0) is 18.2 Å². The fourth-order valence-electron chi connectivity index (χ4n) is 1.42. The molecule has 2 aromatic rings. The van der Waals surface area contributed by atoms with E-state index < -0.39 is 0 Å². The molecule has 2 rings (SSSR count). The van der Waals surface area contributed by atoms with E-state index in [2.05, 4.69) is 30.3 Å². The second-order valence-corrected chi connectivity index (χ2v) is 6.13. The van der Waals surface area contributed by atoms with Crippen LogP contribution in [0.3, 0.4) is 0 Å². The zero-order valence-corrected chi connectivity index (χ0v) is 11.6. The van der Waals surface area contributed by atoms with E-state index in [1.165, 1.54) is 9.90 Å². The fraction of sp³-hybridized carbons (Fsp3) is 0.308. The average Bonchev–Trinajstić information content (AvgIpc) is 2.75. The standard InChI is InChI=1S/C13H16N2S2/c1-9(2)13-15-11(8-17-13)7-16-12-5-3-4-10(14)6-12/h3-6,8-9H,7,14H2,1-2H3. The molecule has 0 saturated heterocycles. The van der Waals surface area contributed by atoms with Crippen LogP contribution in [0.2, 0.25) is 0 Å². The molecular formula is C13H16N2S2. The number of aromatic nitrogens is 1. The Labute approximate surface area is 110 Å². The Morgan fingerprint density at radius 3 is 2.88 bits per heavy atom. The maximum absolute atomic E-state index is 5.74. The second kappa shape index (κ2) is 5.56. The highest BCUT2D eigenvalue weighted by atomic mass is 32.2. The monoisotopic (exact) mass is 264 g/mol. The van der Waals surface area contributed by atoms with Crippen LogP contribution in [0.1, 0.15) is 30.5 Å². The molecule has 0 unspecified atom stereocenters. The van der Waals surface area contributed by atoms with Gasteiger partial charge in [0.25, 0.3) is 0 Å². The summed E-state index contributed by atoms with van der Waals surface area (Å²) in [6, 6.07) is 7.97. The normalized spacial score (nSPS) is 11.0. The van der Waals surface area contributed by atoms with E-state index in [1.54, 1.807) is 23.1 Å². The first kappa shape index (κ1) is 12.5. The molecular weight excluding hydrogens is 248 g/mol. The SMILES string of the molecule is CC(C)c1nc(CSc2cccc(N)c2)cs1. The molecule has 0 amide bonds. The summed E-state index contributed by atoms with van der Waals surface area (Å²) < 4.78 is 0. The van der Waals surface area contributed by atoms with Crippen LogP contribution in [-0.2, 0) is 5.75 Å². The molecule has 1 aromatic carbocycles. The van der Waals surface area contributed by atoms with E-state index in [4.69, 9.17) is 5.73 Å². The number of thiazole rings is 1. The molecule has 90 valence electrons. The summed E-state index contributed by atoms with van der Waals surface area (Å²) >= 11 is 3.52. The number of nitrogens with two attached hydrogens (primary N) is 1. The Morgan fingerprint density at radius 1 is 1.41 bits per heavy atom. The predicted octanol–water partition coefficient (Wildman–Crippen LogP) is 4.14. The minimum absolute atomic E-state index is 0.520. The number of anilines is 1. The molecule has 1 aromatic heterocycles. The molecule has 0 aliphatic carbocycles. The van der Waals surface area contributed by atoms with Gasteiger partial charge in [-0.1, -0.05) is 19.9 Å². The lowest BCUT2D eigenvalue weighted by molar-refractivity contribution is 0.846. The minimum atomic E-state index is 0.520. The van der Waals surface area contributed by atoms with Gasteiger partial charge in [-0.2, -0.15) is 0 Å². The average molecular weight is 264 g/mol. The molecule has 0 fully saturated rings. The smallest absolute Gasteiger partial charge is 0.0954 e. The van der Waals surface area contributed by atoms with Crippen molar-refractivity contribution in [3.63, 3.8) is 0 Å². The maximum Gasteiger partial charge on any atom is 0.0954 e. The summed E-state index contributed by atoms with van der Waals surface area (Å²) in [4.78, 5) is 5.81. The lowest BCUT2D eigenvalue weighted by Gasteiger charge is -2.01. The van der Waals surface area contributed by atoms with Gasteiger partial charge in [0.15, 0.2) is 0 Å². The number of rotatable bonds is 4. The van der Waals surface area contributed by atoms with E-state index in [-0.39, 0.29) is 0 Å². The Morgan fingerprint density at radius 2 is 2.24 bits per heavy atom. The van der Waals surface area contributed by atoms with Gasteiger partial charge in [-0.25, -0.2) is 4.98 Å². The van der Waals surface area contributed by atoms with Crippen LogP contribution in [0.25, 0.3) is 0 Å². The predicted molar refractivity (Wildman–Crippen MR) is 76.6 cm³/mol. The molecule has 2 N–H and O–H groups in total. The Balaban J connectivity index is 1.97. The number of thioether (sulfide) groups is 1. The number of nitrogens with zero attached hydrogens (tertiary/aromatic N) is 1. The van der Waals surface area contributed by atoms with Crippen molar-refractivity contribution in [1.29, 1.82) is 0 Å². The fourth-order valence-corrected chi connectivity index (χ4v) is 3.21. The topological polar surface area (TPSA) is 38.9 Å². The van der Waals surface area contributed by atoms with Crippen molar-refractivity contribution in [3.05, 3.63) is 40.3 Å². The van der Waals surface area contributed by atoms with E-state index >= 15 is 0 Å². The third-order valence-corrected chi connectivity index (χ3v) is 4.53. The van der Waals surface area contributed by atoms with Gasteiger partial charge in [0.05, 0.1) is 10.7 Å². The Kier molecular flexibility index (Phi) is 4.07. The Hall–Kier alpha value is -1.000. The van der Waals surface area contributed by atoms with Crippen molar-refractivity contribution >= 4 is 28.8 Å². The van der Waals surface area contributed by atoms with Crippen LogP contribution in [0, 0.1) is 0 Å². The highest BCUT2D eigenvalue weighted by Gasteiger charge is 2.06. The van der Waals surface area contributed by atoms with Crippen LogP contribution >= 0.6 is 23.1 Å². The third-order valence-electron chi connectivity index (χ3n) is 2.31. The van der Waals surface area contributed by atoms with E-state index in [9.17, 15) is 0 Å². The summed E-state index contributed by atoms with van der Waals surface area (Å²) in [7, 11) is 0. The van der Waals surface area contributed by atoms with Crippen molar-refractivity contribution in [2.24, 2.45) is 0 Å². The number of hydrogen-bond donors (Lipinski definition) is 1. The van der Waals surface area contributed by atoms with Gasteiger partial charge < -0.3 is 5.73 Å². The van der Waals surface area contributed by atoms with Crippen molar-refractivity contribution < 1.29 is 0 Å². The van der Waals surface area contributed by atoms with Gasteiger partial charge >= 0.3 is 0 Å². The molecule has 0 spiro atoms. The van der Waals surface area contributed by atoms with Gasteiger partial charge in [0.1, 0.15) is 0 Å². The van der Waals surface area contributed by atoms with Crippen LogP contribution in [-0.4, -0.2) is 4.98 Å². The van der Waals surface area contributed by atoms with Crippen LogP contribution < -0.4 is 5.73 Å². The zero-order chi connectivity index (χ0) is 12.3. The number of benzene rings is 1. The second-order valence-electron chi connectivity index (χ2n) is 4.19. The molecule has 0 aliphatic heterocycles. The van der Waals surface area contributed by atoms with E-state index in [0.29, 0.717) is 5.92 Å². The maximum atomic E-state index is 5.74. The molecule has 0 atom stereocenters. The van der Waals surface area contributed by atoms with E-state index in [0.717, 1.165) is 17.1 Å². The summed E-state index contributed by atoms with van der Waals surface area (Å²) in [5.41, 5.74) is 7.72. The van der Waals surface area contributed by atoms with E-state index in [1.807, 2.05) is 18.2 Å². The van der Waals surface area contributed by atoms with Gasteiger partial charge in [0.2, 0.25) is 0 Å². The number of nitrogen functional groups attached to an aromatic ring is 1. The molecule has 2 nitrogen and oxygen atoms in total. The summed E-state index contributed by atoms with van der Waals surface area (Å²) in [5, 5.41) is 3.36. The summed E-state index contributed by atoms with van der Waals surface area (Å²) in [5.74, 6) is 1.43. The molecule has 0 aliphatic rings. The minimum Gasteiger partial charge on any atom is -0.399 e. The zero-order valence-electron chi connectivity index (χ0n) is 10.0. The summed E-state index contributed by atoms with van der Waals surface area (Å²) in [6.45, 7) is 4.35. The molecule has 0 saturated carbocycles. The van der Waals surface area contributed by atoms with Gasteiger partial charge in [-0.15, -0.1) is 23.1 Å².